The van der Waals surface area contributed by atoms with Gasteiger partial charge in [-0.25, -0.2) is 8.78 Å². The molecule has 1 aliphatic heterocycles. The number of amides is 2. The maximum Gasteiger partial charge on any atom is 0.265 e. The summed E-state index contributed by atoms with van der Waals surface area (Å²) in [6.07, 6.45) is -2.80. The molecular formula is C17H24F2N4O3. The van der Waals surface area contributed by atoms with Crippen LogP contribution in [0.1, 0.15) is 18.9 Å². The summed E-state index contributed by atoms with van der Waals surface area (Å²) < 4.78 is 32.1. The van der Waals surface area contributed by atoms with Crippen molar-refractivity contribution in [2.24, 2.45) is 5.73 Å². The lowest BCUT2D eigenvalue weighted by molar-refractivity contribution is -0.125. The molecule has 1 aromatic rings. The molecule has 1 fully saturated rings. The summed E-state index contributed by atoms with van der Waals surface area (Å²) in [7, 11) is 1.73. The van der Waals surface area contributed by atoms with E-state index in [4.69, 9.17) is 10.5 Å². The molecule has 26 heavy (non-hydrogen) atoms. The van der Waals surface area contributed by atoms with Gasteiger partial charge < -0.3 is 20.7 Å². The van der Waals surface area contributed by atoms with E-state index in [2.05, 4.69) is 5.32 Å². The average Bonchev–Trinajstić information content (AvgIpc) is 2.62. The highest BCUT2D eigenvalue weighted by Crippen LogP contribution is 2.32. The highest BCUT2D eigenvalue weighted by atomic mass is 19.3. The Bertz CT molecular complexity index is 657. The molecule has 7 nitrogen and oxygen atoms in total. The maximum absolute atomic E-state index is 13.5. The third-order valence-electron chi connectivity index (χ3n) is 4.38. The molecule has 2 amide bonds. The molecule has 0 radical (unpaired) electrons. The van der Waals surface area contributed by atoms with E-state index in [9.17, 15) is 18.4 Å². The van der Waals surface area contributed by atoms with E-state index in [1.165, 1.54) is 23.1 Å². The van der Waals surface area contributed by atoms with Crippen LogP contribution in [0.4, 0.5) is 20.2 Å². The quantitative estimate of drug-likeness (QED) is 0.753. The minimum atomic E-state index is -2.80. The van der Waals surface area contributed by atoms with Crippen LogP contribution in [0.3, 0.4) is 0 Å². The van der Waals surface area contributed by atoms with Crippen LogP contribution in [0.25, 0.3) is 0 Å². The van der Waals surface area contributed by atoms with Crippen LogP contribution in [0.5, 0.6) is 0 Å². The summed E-state index contributed by atoms with van der Waals surface area (Å²) in [5.74, 6) is -0.741. The fourth-order valence-electron chi connectivity index (χ4n) is 2.73. The van der Waals surface area contributed by atoms with Gasteiger partial charge in [-0.3, -0.25) is 14.5 Å². The Hall–Kier alpha value is -2.10. The highest BCUT2D eigenvalue weighted by Gasteiger charge is 2.25. The molecule has 1 atom stereocenters. The molecule has 144 valence electrons. The monoisotopic (exact) mass is 370 g/mol. The lowest BCUT2D eigenvalue weighted by Gasteiger charge is -2.28. The topological polar surface area (TPSA) is 87.9 Å². The predicted octanol–water partition coefficient (Wildman–Crippen LogP) is 1.20. The van der Waals surface area contributed by atoms with Crippen LogP contribution in [-0.4, -0.2) is 62.7 Å². The van der Waals surface area contributed by atoms with Gasteiger partial charge in [0.2, 0.25) is 5.91 Å². The van der Waals surface area contributed by atoms with E-state index in [0.717, 1.165) is 0 Å². The Kier molecular flexibility index (Phi) is 7.01. The summed E-state index contributed by atoms with van der Waals surface area (Å²) in [5, 5.41) is 2.53. The number of anilines is 2. The zero-order valence-corrected chi connectivity index (χ0v) is 14.9. The summed E-state index contributed by atoms with van der Waals surface area (Å²) >= 11 is 0. The molecule has 0 aromatic heterocycles. The van der Waals surface area contributed by atoms with Crippen molar-refractivity contribution in [3.8, 4) is 0 Å². The van der Waals surface area contributed by atoms with Crippen LogP contribution >= 0.6 is 0 Å². The van der Waals surface area contributed by atoms with Crippen molar-refractivity contribution in [3.63, 3.8) is 0 Å². The fraction of sp³-hybridized carbons (Fsp3) is 0.529. The molecule has 1 aliphatic rings. The van der Waals surface area contributed by atoms with Crippen molar-refractivity contribution in [3.05, 3.63) is 23.8 Å². The van der Waals surface area contributed by atoms with Crippen molar-refractivity contribution in [1.29, 1.82) is 0 Å². The number of carbonyl (C=O) groups excluding carboxylic acids is 2. The number of ether oxygens (including phenoxy) is 1. The van der Waals surface area contributed by atoms with Gasteiger partial charge in [0.05, 0.1) is 6.61 Å². The minimum absolute atomic E-state index is 0.0115. The SMILES string of the molecule is CCN(C)[C@H](CN)C(=O)Nc1ccc(N2CCOCC2=O)cc1C(F)F. The van der Waals surface area contributed by atoms with E-state index in [1.54, 1.807) is 11.9 Å². The number of hydrogen-bond acceptors (Lipinski definition) is 5. The summed E-state index contributed by atoms with van der Waals surface area (Å²) in [4.78, 5) is 27.4. The Balaban J connectivity index is 2.26. The standard InChI is InChI=1S/C17H24F2N4O3/c1-3-22(2)14(9-20)17(25)21-13-5-4-11(8-12(13)16(18)19)23-6-7-26-10-15(23)24/h4-5,8,14,16H,3,6-7,9-10,20H2,1-2H3,(H,21,25)/t14-/m1/s1. The first-order valence-corrected chi connectivity index (χ1v) is 8.40. The number of morpholine rings is 1. The summed E-state index contributed by atoms with van der Waals surface area (Å²) in [5.41, 5.74) is 5.66. The number of alkyl halides is 2. The maximum atomic E-state index is 13.5. The van der Waals surface area contributed by atoms with Gasteiger partial charge in [-0.05, 0) is 31.8 Å². The Morgan fingerprint density at radius 3 is 2.77 bits per heavy atom. The molecule has 1 aromatic carbocycles. The summed E-state index contributed by atoms with van der Waals surface area (Å²) in [6, 6.07) is 3.53. The first-order chi connectivity index (χ1) is 12.4. The smallest absolute Gasteiger partial charge is 0.265 e. The van der Waals surface area contributed by atoms with E-state index >= 15 is 0 Å². The third-order valence-corrected chi connectivity index (χ3v) is 4.38. The van der Waals surface area contributed by atoms with Crippen LogP contribution in [0.15, 0.2) is 18.2 Å². The molecule has 0 spiro atoms. The predicted molar refractivity (Wildman–Crippen MR) is 94.3 cm³/mol. The number of carbonyl (C=O) groups is 2. The first-order valence-electron chi connectivity index (χ1n) is 8.40. The van der Waals surface area contributed by atoms with Crippen molar-refractivity contribution in [2.75, 3.05) is 50.1 Å². The second-order valence-corrected chi connectivity index (χ2v) is 5.98. The van der Waals surface area contributed by atoms with Crippen molar-refractivity contribution in [2.45, 2.75) is 19.4 Å². The van der Waals surface area contributed by atoms with Gasteiger partial charge in [-0.15, -0.1) is 0 Å². The molecule has 1 saturated heterocycles. The number of nitrogens with zero attached hydrogens (tertiary/aromatic N) is 2. The second kappa shape index (κ2) is 9.02. The number of likely N-dealkylation sites (N-methyl/N-ethyl adjacent to an activating group) is 1. The molecule has 3 N–H and O–H groups in total. The highest BCUT2D eigenvalue weighted by molar-refractivity contribution is 5.97. The number of halogens is 2. The molecule has 0 bridgehead atoms. The largest absolute Gasteiger partial charge is 0.370 e. The number of nitrogens with two attached hydrogens (primary N) is 1. The van der Waals surface area contributed by atoms with Crippen LogP contribution in [0.2, 0.25) is 0 Å². The third kappa shape index (κ3) is 4.54. The van der Waals surface area contributed by atoms with Gasteiger partial charge in [0.1, 0.15) is 12.6 Å². The van der Waals surface area contributed by atoms with Crippen LogP contribution in [0, 0.1) is 0 Å². The van der Waals surface area contributed by atoms with E-state index in [-0.39, 0.29) is 30.3 Å². The van der Waals surface area contributed by atoms with E-state index in [1.807, 2.05) is 6.92 Å². The number of hydrogen-bond donors (Lipinski definition) is 2. The van der Waals surface area contributed by atoms with Crippen molar-refractivity contribution < 1.29 is 23.1 Å². The molecular weight excluding hydrogens is 346 g/mol. The van der Waals surface area contributed by atoms with E-state index in [0.29, 0.717) is 25.4 Å². The average molecular weight is 370 g/mol. The van der Waals surface area contributed by atoms with Gasteiger partial charge in [0.15, 0.2) is 0 Å². The van der Waals surface area contributed by atoms with Crippen LogP contribution < -0.4 is 16.0 Å². The van der Waals surface area contributed by atoms with E-state index < -0.39 is 18.4 Å². The number of nitrogens with one attached hydrogen (secondary N) is 1. The zero-order chi connectivity index (χ0) is 19.3. The van der Waals surface area contributed by atoms with Gasteiger partial charge in [0, 0.05) is 30.0 Å². The van der Waals surface area contributed by atoms with Gasteiger partial charge >= 0.3 is 0 Å². The Morgan fingerprint density at radius 2 is 2.19 bits per heavy atom. The number of rotatable bonds is 7. The normalized spacial score (nSPS) is 16.3. The minimum Gasteiger partial charge on any atom is -0.370 e. The lowest BCUT2D eigenvalue weighted by atomic mass is 10.1. The fourth-order valence-corrected chi connectivity index (χ4v) is 2.73. The van der Waals surface area contributed by atoms with Crippen molar-refractivity contribution in [1.82, 2.24) is 4.90 Å². The second-order valence-electron chi connectivity index (χ2n) is 5.98. The first kappa shape index (κ1) is 20.2. The zero-order valence-electron chi connectivity index (χ0n) is 14.9. The Morgan fingerprint density at radius 1 is 1.46 bits per heavy atom. The Labute approximate surface area is 151 Å². The molecule has 2 rings (SSSR count). The summed E-state index contributed by atoms with van der Waals surface area (Å²) in [6.45, 7) is 3.09. The number of benzene rings is 1. The van der Waals surface area contributed by atoms with Gasteiger partial charge in [-0.1, -0.05) is 6.92 Å². The molecule has 9 heteroatoms. The van der Waals surface area contributed by atoms with Gasteiger partial charge in [0.25, 0.3) is 12.3 Å². The molecule has 1 heterocycles. The lowest BCUT2D eigenvalue weighted by Crippen LogP contribution is -2.46. The van der Waals surface area contributed by atoms with Crippen molar-refractivity contribution >= 4 is 23.2 Å². The molecule has 0 saturated carbocycles. The molecule has 0 unspecified atom stereocenters. The van der Waals surface area contributed by atoms with Crippen LogP contribution in [-0.2, 0) is 14.3 Å². The molecule has 0 aliphatic carbocycles. The van der Waals surface area contributed by atoms with Gasteiger partial charge in [-0.2, -0.15) is 0 Å².